The molecule has 0 spiro atoms. The average molecular weight is 377 g/mol. The molecule has 1 saturated heterocycles. The second kappa shape index (κ2) is 8.21. The number of rotatable bonds is 5. The lowest BCUT2D eigenvalue weighted by Crippen LogP contribution is -2.29. The molecule has 144 valence electrons. The number of hydrogen-bond acceptors (Lipinski definition) is 5. The van der Waals surface area contributed by atoms with Gasteiger partial charge in [-0.15, -0.1) is 5.10 Å². The van der Waals surface area contributed by atoms with Crippen molar-refractivity contribution in [3.8, 4) is 0 Å². The third-order valence-electron chi connectivity index (χ3n) is 5.03. The van der Waals surface area contributed by atoms with Crippen LogP contribution < -0.4 is 15.8 Å². The molecular weight excluding hydrogens is 354 g/mol. The Labute approximate surface area is 163 Å². The smallest absolute Gasteiger partial charge is 0.277 e. The monoisotopic (exact) mass is 377 g/mol. The molecule has 1 aliphatic rings. The number of nitrogens with zero attached hydrogens (tertiary/aromatic N) is 4. The number of fused-ring (bicyclic) bond motifs is 1. The first-order valence-corrected chi connectivity index (χ1v) is 9.68. The molecule has 1 amide bonds. The number of piperidine rings is 1. The molecule has 4 rings (SSSR count). The minimum absolute atomic E-state index is 0.154. The fraction of sp³-hybridized carbons (Fsp3) is 0.333. The van der Waals surface area contributed by atoms with Gasteiger partial charge in [0.2, 0.25) is 5.91 Å². The first-order valence-electron chi connectivity index (χ1n) is 9.68. The van der Waals surface area contributed by atoms with Gasteiger partial charge in [-0.3, -0.25) is 9.59 Å². The molecule has 0 bridgehead atoms. The van der Waals surface area contributed by atoms with Crippen molar-refractivity contribution in [1.82, 2.24) is 15.0 Å². The largest absolute Gasteiger partial charge is 0.371 e. The molecular formula is C21H23N5O2. The van der Waals surface area contributed by atoms with Crippen molar-refractivity contribution in [3.63, 3.8) is 0 Å². The number of amides is 1. The van der Waals surface area contributed by atoms with Crippen LogP contribution in [0.25, 0.3) is 10.9 Å². The van der Waals surface area contributed by atoms with E-state index in [1.54, 1.807) is 18.2 Å². The molecule has 1 aliphatic heterocycles. The van der Waals surface area contributed by atoms with Crippen LogP contribution >= 0.6 is 0 Å². The summed E-state index contributed by atoms with van der Waals surface area (Å²) in [4.78, 5) is 27.2. The minimum atomic E-state index is -0.231. The number of carbonyl (C=O) groups is 1. The quantitative estimate of drug-likeness (QED) is 0.740. The molecule has 0 atom stereocenters. The molecule has 7 nitrogen and oxygen atoms in total. The summed E-state index contributed by atoms with van der Waals surface area (Å²) in [5, 5.41) is 11.4. The number of hydrogen-bond donors (Lipinski definition) is 1. The van der Waals surface area contributed by atoms with Gasteiger partial charge in [-0.2, -0.15) is 0 Å². The SMILES string of the molecule is O=C(CCn1nnc2ccccc2c1=O)Nc1cccc(N2CCCCC2)c1. The minimum Gasteiger partial charge on any atom is -0.371 e. The zero-order valence-electron chi connectivity index (χ0n) is 15.7. The van der Waals surface area contributed by atoms with Gasteiger partial charge in [0.05, 0.1) is 11.9 Å². The van der Waals surface area contributed by atoms with Gasteiger partial charge in [-0.25, -0.2) is 4.68 Å². The molecule has 1 aromatic heterocycles. The van der Waals surface area contributed by atoms with Gasteiger partial charge in [0.25, 0.3) is 5.56 Å². The van der Waals surface area contributed by atoms with E-state index in [2.05, 4.69) is 26.6 Å². The van der Waals surface area contributed by atoms with Crippen LogP contribution in [0.4, 0.5) is 11.4 Å². The Morgan fingerprint density at radius 1 is 1.04 bits per heavy atom. The third-order valence-corrected chi connectivity index (χ3v) is 5.03. The molecule has 28 heavy (non-hydrogen) atoms. The maximum absolute atomic E-state index is 12.4. The Balaban J connectivity index is 1.40. The summed E-state index contributed by atoms with van der Waals surface area (Å²) < 4.78 is 1.24. The molecule has 2 aromatic carbocycles. The van der Waals surface area contributed by atoms with Crippen LogP contribution in [-0.2, 0) is 11.3 Å². The van der Waals surface area contributed by atoms with Gasteiger partial charge < -0.3 is 10.2 Å². The Kier molecular flexibility index (Phi) is 5.32. The first kappa shape index (κ1) is 18.2. The van der Waals surface area contributed by atoms with E-state index >= 15 is 0 Å². The van der Waals surface area contributed by atoms with Crippen molar-refractivity contribution in [2.24, 2.45) is 0 Å². The van der Waals surface area contributed by atoms with E-state index in [0.29, 0.717) is 10.9 Å². The highest BCUT2D eigenvalue weighted by Crippen LogP contribution is 2.23. The second-order valence-electron chi connectivity index (χ2n) is 7.03. The van der Waals surface area contributed by atoms with Crippen LogP contribution in [0.3, 0.4) is 0 Å². The Bertz CT molecular complexity index is 1040. The molecule has 1 N–H and O–H groups in total. The molecule has 2 heterocycles. The van der Waals surface area contributed by atoms with Crippen molar-refractivity contribution in [3.05, 3.63) is 58.9 Å². The summed E-state index contributed by atoms with van der Waals surface area (Å²) in [7, 11) is 0. The van der Waals surface area contributed by atoms with Gasteiger partial charge in [-0.05, 0) is 49.6 Å². The highest BCUT2D eigenvalue weighted by Gasteiger charge is 2.12. The fourth-order valence-electron chi connectivity index (χ4n) is 3.53. The predicted molar refractivity (Wildman–Crippen MR) is 110 cm³/mol. The van der Waals surface area contributed by atoms with Gasteiger partial charge in [0, 0.05) is 30.9 Å². The van der Waals surface area contributed by atoms with Crippen LogP contribution in [0.1, 0.15) is 25.7 Å². The Morgan fingerprint density at radius 2 is 1.86 bits per heavy atom. The summed E-state index contributed by atoms with van der Waals surface area (Å²) in [6, 6.07) is 15.0. The first-order chi connectivity index (χ1) is 13.7. The number of nitrogens with one attached hydrogen (secondary N) is 1. The zero-order valence-corrected chi connectivity index (χ0v) is 15.7. The molecule has 0 saturated carbocycles. The summed E-state index contributed by atoms with van der Waals surface area (Å²) in [5.74, 6) is -0.155. The maximum atomic E-state index is 12.4. The number of carbonyl (C=O) groups excluding carboxylic acids is 1. The summed E-state index contributed by atoms with van der Waals surface area (Å²) >= 11 is 0. The average Bonchev–Trinajstić information content (AvgIpc) is 2.74. The normalized spacial score (nSPS) is 14.2. The molecule has 0 aliphatic carbocycles. The van der Waals surface area contributed by atoms with Crippen LogP contribution in [-0.4, -0.2) is 34.0 Å². The summed E-state index contributed by atoms with van der Waals surface area (Å²) in [6.07, 6.45) is 3.85. The second-order valence-corrected chi connectivity index (χ2v) is 7.03. The van der Waals surface area contributed by atoms with Gasteiger partial charge in [0.1, 0.15) is 5.52 Å². The van der Waals surface area contributed by atoms with E-state index in [-0.39, 0.29) is 24.4 Å². The van der Waals surface area contributed by atoms with Gasteiger partial charge in [-0.1, -0.05) is 23.4 Å². The van der Waals surface area contributed by atoms with E-state index in [1.165, 1.54) is 23.9 Å². The zero-order chi connectivity index (χ0) is 19.3. The predicted octanol–water partition coefficient (Wildman–Crippen LogP) is 2.81. The standard InChI is InChI=1S/C21H23N5O2/c27-20(11-14-26-21(28)18-9-2-3-10-19(18)23-24-26)22-16-7-6-8-17(15-16)25-12-4-1-5-13-25/h2-3,6-10,15H,1,4-5,11-14H2,(H,22,27). The number of benzene rings is 2. The summed E-state index contributed by atoms with van der Waals surface area (Å²) in [6.45, 7) is 2.30. The van der Waals surface area contributed by atoms with Gasteiger partial charge in [0.15, 0.2) is 0 Å². The lowest BCUT2D eigenvalue weighted by molar-refractivity contribution is -0.116. The van der Waals surface area contributed by atoms with Crippen LogP contribution in [0.5, 0.6) is 0 Å². The summed E-state index contributed by atoms with van der Waals surface area (Å²) in [5.41, 5.74) is 2.23. The van der Waals surface area contributed by atoms with E-state index in [1.807, 2.05) is 24.3 Å². The van der Waals surface area contributed by atoms with Crippen molar-refractivity contribution in [2.75, 3.05) is 23.3 Å². The van der Waals surface area contributed by atoms with E-state index in [0.717, 1.165) is 24.5 Å². The lowest BCUT2D eigenvalue weighted by Gasteiger charge is -2.29. The van der Waals surface area contributed by atoms with E-state index in [4.69, 9.17) is 0 Å². The lowest BCUT2D eigenvalue weighted by atomic mass is 10.1. The van der Waals surface area contributed by atoms with Gasteiger partial charge >= 0.3 is 0 Å². The van der Waals surface area contributed by atoms with Crippen molar-refractivity contribution < 1.29 is 4.79 Å². The fourth-order valence-corrected chi connectivity index (χ4v) is 3.53. The van der Waals surface area contributed by atoms with Crippen LogP contribution in [0.15, 0.2) is 53.3 Å². The molecule has 0 radical (unpaired) electrons. The highest BCUT2D eigenvalue weighted by atomic mass is 16.2. The van der Waals surface area contributed by atoms with Crippen LogP contribution in [0.2, 0.25) is 0 Å². The maximum Gasteiger partial charge on any atom is 0.277 e. The highest BCUT2D eigenvalue weighted by molar-refractivity contribution is 5.91. The van der Waals surface area contributed by atoms with E-state index < -0.39 is 0 Å². The van der Waals surface area contributed by atoms with Crippen molar-refractivity contribution >= 4 is 28.2 Å². The van der Waals surface area contributed by atoms with Crippen LogP contribution in [0, 0.1) is 0 Å². The Hall–Kier alpha value is -3.22. The molecule has 3 aromatic rings. The topological polar surface area (TPSA) is 80.1 Å². The Morgan fingerprint density at radius 3 is 2.71 bits per heavy atom. The molecule has 7 heteroatoms. The number of aryl methyl sites for hydroxylation is 1. The number of aromatic nitrogens is 3. The van der Waals surface area contributed by atoms with E-state index in [9.17, 15) is 9.59 Å². The third kappa shape index (κ3) is 4.03. The molecule has 0 unspecified atom stereocenters. The number of anilines is 2. The van der Waals surface area contributed by atoms with Crippen molar-refractivity contribution in [1.29, 1.82) is 0 Å². The molecule has 1 fully saturated rings. The van der Waals surface area contributed by atoms with Crippen molar-refractivity contribution in [2.45, 2.75) is 32.2 Å².